The van der Waals surface area contributed by atoms with Gasteiger partial charge in [-0.3, -0.25) is 0 Å². The SMILES string of the molecule is c1ccc2c(c1)oc1c3ccccc3c3c(ccc4c3c3ccccc3n4-c3ccc4c5ccccc5c5ccccc5c4c3)c21. The van der Waals surface area contributed by atoms with Crippen molar-refractivity contribution in [1.82, 2.24) is 4.57 Å². The summed E-state index contributed by atoms with van der Waals surface area (Å²) >= 11 is 0. The third kappa shape index (κ3) is 3.01. The van der Waals surface area contributed by atoms with E-state index in [0.29, 0.717) is 0 Å². The maximum Gasteiger partial charge on any atom is 0.143 e. The molecule has 0 N–H and O–H groups in total. The molecule has 0 fully saturated rings. The molecule has 46 heavy (non-hydrogen) atoms. The van der Waals surface area contributed by atoms with Crippen molar-refractivity contribution in [3.05, 3.63) is 152 Å². The van der Waals surface area contributed by atoms with E-state index in [1.54, 1.807) is 0 Å². The summed E-state index contributed by atoms with van der Waals surface area (Å²) in [6.45, 7) is 0. The van der Waals surface area contributed by atoms with Crippen molar-refractivity contribution < 1.29 is 4.42 Å². The Hall–Kier alpha value is -6.12. The molecule has 9 aromatic carbocycles. The molecule has 0 bridgehead atoms. The lowest BCUT2D eigenvalue weighted by atomic mass is 9.93. The molecule has 212 valence electrons. The van der Waals surface area contributed by atoms with Gasteiger partial charge in [-0.25, -0.2) is 0 Å². The van der Waals surface area contributed by atoms with Gasteiger partial charge in [0.1, 0.15) is 11.2 Å². The summed E-state index contributed by atoms with van der Waals surface area (Å²) in [7, 11) is 0. The monoisotopic (exact) mass is 583 g/mol. The predicted molar refractivity (Wildman–Crippen MR) is 196 cm³/mol. The van der Waals surface area contributed by atoms with E-state index in [4.69, 9.17) is 4.42 Å². The molecule has 0 saturated carbocycles. The molecule has 0 aliphatic heterocycles. The number of para-hydroxylation sites is 2. The second-order valence-electron chi connectivity index (χ2n) is 12.4. The zero-order chi connectivity index (χ0) is 29.9. The van der Waals surface area contributed by atoms with Gasteiger partial charge in [-0.2, -0.15) is 0 Å². The van der Waals surface area contributed by atoms with Gasteiger partial charge in [-0.1, -0.05) is 121 Å². The van der Waals surface area contributed by atoms with Crippen molar-refractivity contribution in [3.8, 4) is 5.69 Å². The van der Waals surface area contributed by atoms with Crippen LogP contribution in [0.15, 0.2) is 156 Å². The van der Waals surface area contributed by atoms with E-state index < -0.39 is 0 Å². The molecule has 0 aliphatic carbocycles. The van der Waals surface area contributed by atoms with Crippen molar-refractivity contribution in [2.24, 2.45) is 0 Å². The lowest BCUT2D eigenvalue weighted by molar-refractivity contribution is 0.673. The predicted octanol–water partition coefficient (Wildman–Crippen LogP) is 12.4. The van der Waals surface area contributed by atoms with Gasteiger partial charge in [0, 0.05) is 38.0 Å². The van der Waals surface area contributed by atoms with Crippen molar-refractivity contribution in [2.75, 3.05) is 0 Å². The molecular formula is C44H25NO. The van der Waals surface area contributed by atoms with Gasteiger partial charge < -0.3 is 8.98 Å². The fraction of sp³-hybridized carbons (Fsp3) is 0. The van der Waals surface area contributed by atoms with Gasteiger partial charge in [-0.05, 0) is 73.4 Å². The van der Waals surface area contributed by atoms with E-state index >= 15 is 0 Å². The Morgan fingerprint density at radius 1 is 0.326 bits per heavy atom. The quantitative estimate of drug-likeness (QED) is 0.176. The van der Waals surface area contributed by atoms with Gasteiger partial charge in [0.15, 0.2) is 0 Å². The van der Waals surface area contributed by atoms with Crippen LogP contribution in [0.1, 0.15) is 0 Å². The van der Waals surface area contributed by atoms with Crippen molar-refractivity contribution in [1.29, 1.82) is 0 Å². The van der Waals surface area contributed by atoms with Crippen LogP contribution < -0.4 is 0 Å². The van der Waals surface area contributed by atoms with Crippen molar-refractivity contribution in [2.45, 2.75) is 0 Å². The number of nitrogens with zero attached hydrogens (tertiary/aromatic N) is 1. The van der Waals surface area contributed by atoms with Gasteiger partial charge in [-0.15, -0.1) is 0 Å². The smallest absolute Gasteiger partial charge is 0.143 e. The Balaban J connectivity index is 1.33. The molecule has 0 aliphatic rings. The Kier molecular flexibility index (Phi) is 4.61. The molecular weight excluding hydrogens is 558 g/mol. The summed E-state index contributed by atoms with van der Waals surface area (Å²) in [5, 5.41) is 17.5. The van der Waals surface area contributed by atoms with Gasteiger partial charge in [0.25, 0.3) is 0 Å². The lowest BCUT2D eigenvalue weighted by Gasteiger charge is -2.14. The van der Waals surface area contributed by atoms with Crippen LogP contribution in [-0.4, -0.2) is 4.57 Å². The molecule has 11 aromatic rings. The molecule has 0 spiro atoms. The normalized spacial score (nSPS) is 12.3. The number of hydrogen-bond donors (Lipinski definition) is 0. The lowest BCUT2D eigenvalue weighted by Crippen LogP contribution is -1.94. The highest BCUT2D eigenvalue weighted by Crippen LogP contribution is 2.46. The Bertz CT molecular complexity index is 3050. The summed E-state index contributed by atoms with van der Waals surface area (Å²) in [4.78, 5) is 0. The van der Waals surface area contributed by atoms with E-state index in [0.717, 1.165) is 27.6 Å². The maximum absolute atomic E-state index is 6.55. The van der Waals surface area contributed by atoms with Crippen LogP contribution in [0.4, 0.5) is 0 Å². The molecule has 0 unspecified atom stereocenters. The number of hydrogen-bond acceptors (Lipinski definition) is 1. The zero-order valence-corrected chi connectivity index (χ0v) is 24.8. The summed E-state index contributed by atoms with van der Waals surface area (Å²) in [6, 6.07) is 55.2. The third-order valence-electron chi connectivity index (χ3n) is 10.1. The summed E-state index contributed by atoms with van der Waals surface area (Å²) < 4.78 is 9.01. The van der Waals surface area contributed by atoms with Crippen LogP contribution in [-0.2, 0) is 0 Å². The summed E-state index contributed by atoms with van der Waals surface area (Å²) in [5.74, 6) is 0. The standard InChI is InChI=1S/C44H25NO/c1-2-13-29-27(11-1)28-12-3-4-14-30(28)37-25-26(21-22-31(29)37)45-38-19-9-7-17-34(38)43-39(45)24-23-36-41(43)32-15-5-6-16-33(32)44-42(36)35-18-8-10-20-40(35)46-44/h1-25H. The highest BCUT2D eigenvalue weighted by molar-refractivity contribution is 6.37. The number of benzene rings is 9. The van der Waals surface area contributed by atoms with Gasteiger partial charge >= 0.3 is 0 Å². The molecule has 2 aromatic heterocycles. The fourth-order valence-electron chi connectivity index (χ4n) is 8.26. The molecule has 2 heterocycles. The Labute approximate surface area is 263 Å². The van der Waals surface area contributed by atoms with E-state index in [1.807, 2.05) is 0 Å². The minimum atomic E-state index is 0.925. The highest BCUT2D eigenvalue weighted by Gasteiger charge is 2.21. The number of fused-ring (bicyclic) bond motifs is 18. The third-order valence-corrected chi connectivity index (χ3v) is 10.1. The first-order valence-corrected chi connectivity index (χ1v) is 15.9. The minimum absolute atomic E-state index is 0.925. The Morgan fingerprint density at radius 2 is 0.870 bits per heavy atom. The average Bonchev–Trinajstić information content (AvgIpc) is 3.68. The topological polar surface area (TPSA) is 18.1 Å². The van der Waals surface area contributed by atoms with Crippen LogP contribution in [0.2, 0.25) is 0 Å². The summed E-state index contributed by atoms with van der Waals surface area (Å²) in [5.41, 5.74) is 5.46. The van der Waals surface area contributed by atoms with E-state index in [9.17, 15) is 0 Å². The molecule has 2 nitrogen and oxygen atoms in total. The van der Waals surface area contributed by atoms with Crippen LogP contribution >= 0.6 is 0 Å². The Morgan fingerprint density at radius 3 is 1.61 bits per heavy atom. The van der Waals surface area contributed by atoms with Crippen molar-refractivity contribution in [3.63, 3.8) is 0 Å². The second kappa shape index (κ2) is 8.74. The van der Waals surface area contributed by atoms with Crippen LogP contribution in [0.25, 0.3) is 103 Å². The van der Waals surface area contributed by atoms with Crippen LogP contribution in [0.5, 0.6) is 0 Å². The van der Waals surface area contributed by atoms with E-state index in [2.05, 4.69) is 156 Å². The molecule has 0 saturated heterocycles. The number of aromatic nitrogens is 1. The number of rotatable bonds is 1. The first-order chi connectivity index (χ1) is 22.8. The first kappa shape index (κ1) is 24.2. The first-order valence-electron chi connectivity index (χ1n) is 15.9. The van der Waals surface area contributed by atoms with Crippen molar-refractivity contribution >= 4 is 97.6 Å². The van der Waals surface area contributed by atoms with Crippen LogP contribution in [0, 0.1) is 0 Å². The van der Waals surface area contributed by atoms with E-state index in [-0.39, 0.29) is 0 Å². The molecule has 11 rings (SSSR count). The average molecular weight is 584 g/mol. The minimum Gasteiger partial charge on any atom is -0.455 e. The fourth-order valence-corrected chi connectivity index (χ4v) is 8.26. The highest BCUT2D eigenvalue weighted by atomic mass is 16.3. The number of furan rings is 1. The largest absolute Gasteiger partial charge is 0.455 e. The molecule has 0 atom stereocenters. The van der Waals surface area contributed by atoms with Gasteiger partial charge in [0.05, 0.1) is 11.0 Å². The molecule has 0 amide bonds. The maximum atomic E-state index is 6.55. The summed E-state index contributed by atoms with van der Waals surface area (Å²) in [6.07, 6.45) is 0. The van der Waals surface area contributed by atoms with Crippen LogP contribution in [0.3, 0.4) is 0 Å². The molecule has 0 radical (unpaired) electrons. The van der Waals surface area contributed by atoms with Gasteiger partial charge in [0.2, 0.25) is 0 Å². The second-order valence-corrected chi connectivity index (χ2v) is 12.4. The molecule has 2 heteroatoms. The van der Waals surface area contributed by atoms with E-state index in [1.165, 1.54) is 75.7 Å². The zero-order valence-electron chi connectivity index (χ0n) is 24.8.